The maximum atomic E-state index is 12.5. The summed E-state index contributed by atoms with van der Waals surface area (Å²) in [6.45, 7) is 7.93. The monoisotopic (exact) mass is 428 g/mol. The molecule has 10 nitrogen and oxygen atoms in total. The number of fused-ring (bicyclic) bond motifs is 1. The molecule has 0 bridgehead atoms. The normalized spacial score (nSPS) is 13.3. The smallest absolute Gasteiger partial charge is 0.261 e. The maximum Gasteiger partial charge on any atom is 0.261 e. The van der Waals surface area contributed by atoms with Gasteiger partial charge in [-0.2, -0.15) is 9.78 Å². The van der Waals surface area contributed by atoms with E-state index in [2.05, 4.69) is 54.9 Å². The number of aliphatic hydroxyl groups excluding tert-OH is 1. The van der Waals surface area contributed by atoms with Gasteiger partial charge in [0.25, 0.3) is 5.78 Å². The van der Waals surface area contributed by atoms with Crippen LogP contribution in [0.1, 0.15) is 25.2 Å². The number of benzene rings is 1. The highest BCUT2D eigenvalue weighted by molar-refractivity contribution is 6.73. The number of aryl methyl sites for hydroxylation is 1. The van der Waals surface area contributed by atoms with E-state index in [1.807, 2.05) is 25.1 Å². The highest BCUT2D eigenvalue weighted by atomic mass is 16.2. The van der Waals surface area contributed by atoms with Gasteiger partial charge in [-0.3, -0.25) is 9.78 Å². The molecule has 1 aromatic carbocycles. The summed E-state index contributed by atoms with van der Waals surface area (Å²) in [7, 11) is 0. The van der Waals surface area contributed by atoms with Gasteiger partial charge in [-0.1, -0.05) is 0 Å². The van der Waals surface area contributed by atoms with E-state index in [1.54, 1.807) is 6.11 Å². The Morgan fingerprint density at radius 2 is 1.97 bits per heavy atom. The lowest BCUT2D eigenvalue weighted by Crippen LogP contribution is -2.22. The van der Waals surface area contributed by atoms with E-state index in [1.165, 1.54) is 23.3 Å². The first kappa shape index (κ1) is 20.9. The highest BCUT2D eigenvalue weighted by Crippen LogP contribution is 2.27. The largest absolute Gasteiger partial charge is 0.462 e. The lowest BCUT2D eigenvalue weighted by Gasteiger charge is -2.21. The Kier molecular flexibility index (Phi) is 5.72. The number of hydrogen-bond acceptors (Lipinski definition) is 9. The van der Waals surface area contributed by atoms with Crippen molar-refractivity contribution >= 4 is 28.6 Å². The second-order valence-electron chi connectivity index (χ2n) is 6.87. The molecule has 10 heteroatoms. The highest BCUT2D eigenvalue weighted by Gasteiger charge is 2.33. The molecule has 3 heterocycles. The minimum Gasteiger partial charge on any atom is -0.462 e. The molecule has 3 aromatic rings. The summed E-state index contributed by atoms with van der Waals surface area (Å²) >= 11 is 0. The Bertz CT molecular complexity index is 1290. The summed E-state index contributed by atoms with van der Waals surface area (Å²) < 4.78 is 1.38. The van der Waals surface area contributed by atoms with Crippen LogP contribution in [0.4, 0.5) is 11.4 Å². The van der Waals surface area contributed by atoms with Gasteiger partial charge in [-0.15, -0.1) is 10.2 Å². The first-order chi connectivity index (χ1) is 15.6. The van der Waals surface area contributed by atoms with Crippen LogP contribution in [0.2, 0.25) is 0 Å². The second-order valence-corrected chi connectivity index (χ2v) is 6.87. The zero-order valence-electron chi connectivity index (χ0n) is 17.8. The third kappa shape index (κ3) is 3.72. The number of aliphatic hydroxyl groups is 1. The van der Waals surface area contributed by atoms with E-state index in [4.69, 9.17) is 5.11 Å². The van der Waals surface area contributed by atoms with Crippen molar-refractivity contribution in [3.05, 3.63) is 48.2 Å². The van der Waals surface area contributed by atoms with E-state index < -0.39 is 5.78 Å². The summed E-state index contributed by atoms with van der Waals surface area (Å²) in [4.78, 5) is 27.7. The molecule has 1 aliphatic heterocycles. The average Bonchev–Trinajstić information content (AvgIpc) is 3.37. The first-order valence-electron chi connectivity index (χ1n) is 10.0. The summed E-state index contributed by atoms with van der Waals surface area (Å²) in [5.74, 6) is 2.01. The second kappa shape index (κ2) is 8.77. The zero-order valence-corrected chi connectivity index (χ0v) is 17.8. The number of ketones is 1. The average molecular weight is 428 g/mol. The zero-order chi connectivity index (χ0) is 22.7. The Morgan fingerprint density at radius 1 is 1.19 bits per heavy atom. The third-order valence-corrected chi connectivity index (χ3v) is 4.99. The Morgan fingerprint density at radius 3 is 2.62 bits per heavy atom. The number of carbonyl (C=O) groups is 1. The number of aromatic nitrogens is 5. The molecule has 0 unspecified atom stereocenters. The molecule has 0 saturated heterocycles. The summed E-state index contributed by atoms with van der Waals surface area (Å²) in [6.07, 6.45) is 6.21. The van der Waals surface area contributed by atoms with Crippen molar-refractivity contribution in [2.45, 2.75) is 20.8 Å². The van der Waals surface area contributed by atoms with Gasteiger partial charge in [-0.05, 0) is 44.5 Å². The standard InChI is InChI=1S/C22H20N8O2/c1-4-29(5-2)15-6-7-16(14(3)12-15)25-20-19(18(32)8-11-31)28-30-21(26-27-22(20)30)17-13-23-9-10-24-17/h6-7,9-10,12-13,31H,4-5H2,1-3H3/b25-20-. The number of rotatable bonds is 6. The number of hydrogen-bond donors (Lipinski definition) is 1. The quantitative estimate of drug-likeness (QED) is 0.597. The van der Waals surface area contributed by atoms with E-state index in [-0.39, 0.29) is 17.2 Å². The van der Waals surface area contributed by atoms with E-state index in [0.717, 1.165) is 24.3 Å². The minimum absolute atomic E-state index is 0.0335. The van der Waals surface area contributed by atoms with Crippen LogP contribution in [-0.2, 0) is 4.79 Å². The molecular formula is C22H20N8O2. The van der Waals surface area contributed by atoms with Gasteiger partial charge in [0.05, 0.1) is 11.9 Å². The Labute approximate surface area is 184 Å². The Hall–Kier alpha value is -4.39. The van der Waals surface area contributed by atoms with Gasteiger partial charge in [-0.25, -0.2) is 9.98 Å². The fourth-order valence-electron chi connectivity index (χ4n) is 3.39. The van der Waals surface area contributed by atoms with Crippen LogP contribution in [0.15, 0.2) is 46.9 Å². The molecule has 0 fully saturated rings. The van der Waals surface area contributed by atoms with Gasteiger partial charge in [0.2, 0.25) is 11.6 Å². The number of anilines is 1. The van der Waals surface area contributed by atoms with Gasteiger partial charge < -0.3 is 10.0 Å². The van der Waals surface area contributed by atoms with Crippen molar-refractivity contribution in [2.75, 3.05) is 18.0 Å². The van der Waals surface area contributed by atoms with Crippen LogP contribution in [0.25, 0.3) is 11.5 Å². The predicted molar refractivity (Wildman–Crippen MR) is 120 cm³/mol. The van der Waals surface area contributed by atoms with E-state index in [0.29, 0.717) is 17.2 Å². The van der Waals surface area contributed by atoms with Crippen LogP contribution >= 0.6 is 0 Å². The summed E-state index contributed by atoms with van der Waals surface area (Å²) in [6, 6.07) is 5.91. The van der Waals surface area contributed by atoms with Crippen molar-refractivity contribution in [2.24, 2.45) is 10.1 Å². The molecule has 0 amide bonds. The van der Waals surface area contributed by atoms with Crippen LogP contribution in [-0.4, -0.2) is 60.2 Å². The Balaban J connectivity index is 1.82. The van der Waals surface area contributed by atoms with Gasteiger partial charge in [0, 0.05) is 37.1 Å². The predicted octanol–water partition coefficient (Wildman–Crippen LogP) is 2.13. The van der Waals surface area contributed by atoms with E-state index >= 15 is 0 Å². The molecule has 4 rings (SSSR count). The number of aliphatic imine (C=N–C) groups is 1. The third-order valence-electron chi connectivity index (χ3n) is 4.99. The number of carbonyl (C=O) groups excluding carboxylic acids is 1. The van der Waals surface area contributed by atoms with Crippen LogP contribution in [0.5, 0.6) is 0 Å². The molecular weight excluding hydrogens is 408 g/mol. The summed E-state index contributed by atoms with van der Waals surface area (Å²) in [5.41, 5.74) is 3.30. The summed E-state index contributed by atoms with van der Waals surface area (Å²) in [5, 5.41) is 21.6. The molecule has 0 spiro atoms. The van der Waals surface area contributed by atoms with Crippen molar-refractivity contribution in [1.29, 1.82) is 0 Å². The lowest BCUT2D eigenvalue weighted by molar-refractivity contribution is -0.108. The molecule has 0 aliphatic carbocycles. The molecule has 160 valence electrons. The lowest BCUT2D eigenvalue weighted by atomic mass is 10.1. The van der Waals surface area contributed by atoms with Crippen LogP contribution in [0, 0.1) is 19.0 Å². The molecule has 0 atom stereocenters. The molecule has 2 aromatic heterocycles. The van der Waals surface area contributed by atoms with Gasteiger partial charge in [0.15, 0.2) is 5.71 Å². The number of nitrogens with zero attached hydrogens (tertiary/aromatic N) is 8. The van der Waals surface area contributed by atoms with Crippen LogP contribution < -0.4 is 4.90 Å². The molecule has 1 N–H and O–H groups in total. The van der Waals surface area contributed by atoms with E-state index in [9.17, 15) is 4.79 Å². The van der Waals surface area contributed by atoms with Crippen molar-refractivity contribution in [3.63, 3.8) is 0 Å². The molecule has 0 saturated carbocycles. The fourth-order valence-corrected chi connectivity index (χ4v) is 3.39. The molecule has 0 radical (unpaired) electrons. The number of Topliss-reactive ketones (excluding diaryl/α,β-unsaturated/α-hetero) is 1. The maximum absolute atomic E-state index is 12.5. The fraction of sp³-hybridized carbons (Fsp3) is 0.227. The topological polar surface area (TPSA) is 122 Å². The molecule has 32 heavy (non-hydrogen) atoms. The van der Waals surface area contributed by atoms with Gasteiger partial charge >= 0.3 is 0 Å². The van der Waals surface area contributed by atoms with Crippen molar-refractivity contribution in [3.8, 4) is 23.5 Å². The van der Waals surface area contributed by atoms with Gasteiger partial charge in [0.1, 0.15) is 17.5 Å². The van der Waals surface area contributed by atoms with Crippen molar-refractivity contribution in [1.82, 2.24) is 24.8 Å². The first-order valence-corrected chi connectivity index (χ1v) is 10.0. The van der Waals surface area contributed by atoms with Crippen LogP contribution in [0.3, 0.4) is 0 Å². The SMILES string of the molecule is CCN(CC)c1ccc(/N=C2/C(C(=O)C#CO)=Nn3c2nnc3-c2cnccn2)c(C)c1. The molecule has 1 aliphatic rings. The van der Waals surface area contributed by atoms with Crippen molar-refractivity contribution < 1.29 is 9.90 Å². The minimum atomic E-state index is -0.681.